The third-order valence-corrected chi connectivity index (χ3v) is 5.08. The standard InChI is InChI=1S/C23H20ClFN6O2/c1-14-10-26-23(28-18-7-5-17(25)6-8-18)30-21(14)31-11-19(27-13-31)22(33)29-20(12-32)15-3-2-4-16(24)9-15/h2-11,13,20,32H,12H2,1H3,(H,29,33)(H,26,28,30). The number of hydrogen-bond donors (Lipinski definition) is 3. The monoisotopic (exact) mass is 466 g/mol. The average molecular weight is 467 g/mol. The van der Waals surface area contributed by atoms with Crippen LogP contribution in [0.1, 0.15) is 27.7 Å². The summed E-state index contributed by atoms with van der Waals surface area (Å²) < 4.78 is 14.7. The molecule has 0 aliphatic carbocycles. The number of aliphatic hydroxyl groups is 1. The lowest BCUT2D eigenvalue weighted by molar-refractivity contribution is 0.0911. The van der Waals surface area contributed by atoms with Crippen molar-refractivity contribution in [1.29, 1.82) is 0 Å². The van der Waals surface area contributed by atoms with Crippen LogP contribution >= 0.6 is 11.6 Å². The Hall–Kier alpha value is -3.82. The highest BCUT2D eigenvalue weighted by Crippen LogP contribution is 2.19. The van der Waals surface area contributed by atoms with Crippen molar-refractivity contribution in [3.63, 3.8) is 0 Å². The number of rotatable bonds is 7. The number of halogens is 2. The molecule has 1 unspecified atom stereocenters. The smallest absolute Gasteiger partial charge is 0.272 e. The van der Waals surface area contributed by atoms with Gasteiger partial charge in [0.1, 0.15) is 23.7 Å². The Balaban J connectivity index is 1.52. The normalized spacial score (nSPS) is 11.8. The second-order valence-electron chi connectivity index (χ2n) is 7.26. The zero-order valence-electron chi connectivity index (χ0n) is 17.5. The van der Waals surface area contributed by atoms with Gasteiger partial charge in [-0.1, -0.05) is 23.7 Å². The fourth-order valence-electron chi connectivity index (χ4n) is 3.16. The summed E-state index contributed by atoms with van der Waals surface area (Å²) in [7, 11) is 0. The molecule has 10 heteroatoms. The van der Waals surface area contributed by atoms with Gasteiger partial charge in [0.2, 0.25) is 5.95 Å². The maximum Gasteiger partial charge on any atom is 0.272 e. The molecule has 4 aromatic rings. The van der Waals surface area contributed by atoms with Gasteiger partial charge in [-0.3, -0.25) is 9.36 Å². The van der Waals surface area contributed by atoms with E-state index in [-0.39, 0.29) is 18.1 Å². The van der Waals surface area contributed by atoms with E-state index in [0.29, 0.717) is 28.0 Å². The molecule has 0 saturated heterocycles. The maximum atomic E-state index is 13.1. The second kappa shape index (κ2) is 9.76. The average Bonchev–Trinajstić information content (AvgIpc) is 3.30. The fourth-order valence-corrected chi connectivity index (χ4v) is 3.36. The number of nitrogens with zero attached hydrogens (tertiary/aromatic N) is 4. The number of aromatic nitrogens is 4. The summed E-state index contributed by atoms with van der Waals surface area (Å²) in [4.78, 5) is 25.6. The zero-order chi connectivity index (χ0) is 23.4. The van der Waals surface area contributed by atoms with Gasteiger partial charge in [0.05, 0.1) is 12.6 Å². The van der Waals surface area contributed by atoms with E-state index in [1.807, 2.05) is 6.92 Å². The van der Waals surface area contributed by atoms with E-state index in [2.05, 4.69) is 25.6 Å². The van der Waals surface area contributed by atoms with Crippen LogP contribution < -0.4 is 10.6 Å². The molecule has 1 atom stereocenters. The quantitative estimate of drug-likeness (QED) is 0.380. The molecular formula is C23H20ClFN6O2. The van der Waals surface area contributed by atoms with Crippen molar-refractivity contribution >= 4 is 29.1 Å². The Morgan fingerprint density at radius 3 is 2.73 bits per heavy atom. The number of anilines is 2. The first-order valence-electron chi connectivity index (χ1n) is 10.0. The van der Waals surface area contributed by atoms with Crippen LogP contribution in [0.15, 0.2) is 67.3 Å². The van der Waals surface area contributed by atoms with Gasteiger partial charge in [-0.2, -0.15) is 4.98 Å². The number of aryl methyl sites for hydroxylation is 1. The molecule has 2 aromatic heterocycles. The van der Waals surface area contributed by atoms with Crippen molar-refractivity contribution < 1.29 is 14.3 Å². The number of carbonyl (C=O) groups excluding carboxylic acids is 1. The van der Waals surface area contributed by atoms with Crippen LogP contribution in [-0.4, -0.2) is 37.1 Å². The topological polar surface area (TPSA) is 105 Å². The highest BCUT2D eigenvalue weighted by Gasteiger charge is 2.18. The van der Waals surface area contributed by atoms with Gasteiger partial charge in [-0.05, 0) is 48.9 Å². The highest BCUT2D eigenvalue weighted by molar-refractivity contribution is 6.30. The molecule has 8 nitrogen and oxygen atoms in total. The number of imidazole rings is 1. The van der Waals surface area contributed by atoms with Gasteiger partial charge in [-0.25, -0.2) is 14.4 Å². The van der Waals surface area contributed by atoms with E-state index in [4.69, 9.17) is 11.6 Å². The van der Waals surface area contributed by atoms with Crippen LogP contribution in [-0.2, 0) is 0 Å². The summed E-state index contributed by atoms with van der Waals surface area (Å²) in [6.45, 7) is 1.54. The lowest BCUT2D eigenvalue weighted by atomic mass is 10.1. The highest BCUT2D eigenvalue weighted by atomic mass is 35.5. The third kappa shape index (κ3) is 5.33. The summed E-state index contributed by atoms with van der Waals surface area (Å²) >= 11 is 6.01. The van der Waals surface area contributed by atoms with E-state index in [0.717, 1.165) is 5.56 Å². The minimum Gasteiger partial charge on any atom is -0.394 e. The third-order valence-electron chi connectivity index (χ3n) is 4.84. The first kappa shape index (κ1) is 22.4. The van der Waals surface area contributed by atoms with Gasteiger partial charge in [-0.15, -0.1) is 0 Å². The summed E-state index contributed by atoms with van der Waals surface area (Å²) in [6.07, 6.45) is 4.65. The molecule has 3 N–H and O–H groups in total. The summed E-state index contributed by atoms with van der Waals surface area (Å²) in [5.41, 5.74) is 2.23. The predicted octanol–water partition coefficient (Wildman–Crippen LogP) is 3.97. The SMILES string of the molecule is Cc1cnc(Nc2ccc(F)cc2)nc1-n1cnc(C(=O)NC(CO)c2cccc(Cl)c2)c1. The van der Waals surface area contributed by atoms with Crippen molar-refractivity contribution in [2.45, 2.75) is 13.0 Å². The number of amides is 1. The molecule has 0 radical (unpaired) electrons. The zero-order valence-corrected chi connectivity index (χ0v) is 18.3. The largest absolute Gasteiger partial charge is 0.394 e. The van der Waals surface area contributed by atoms with Gasteiger partial charge < -0.3 is 15.7 Å². The minimum atomic E-state index is -0.631. The maximum absolute atomic E-state index is 13.1. The van der Waals surface area contributed by atoms with Gasteiger partial charge in [0.15, 0.2) is 0 Å². The van der Waals surface area contributed by atoms with Crippen molar-refractivity contribution in [2.75, 3.05) is 11.9 Å². The number of hydrogen-bond acceptors (Lipinski definition) is 6. The van der Waals surface area contributed by atoms with Crippen LogP contribution in [0.2, 0.25) is 5.02 Å². The summed E-state index contributed by atoms with van der Waals surface area (Å²) in [6, 6.07) is 12.1. The van der Waals surface area contributed by atoms with E-state index in [9.17, 15) is 14.3 Å². The Morgan fingerprint density at radius 2 is 2.00 bits per heavy atom. The molecular weight excluding hydrogens is 447 g/mol. The summed E-state index contributed by atoms with van der Waals surface area (Å²) in [5, 5.41) is 16.0. The molecule has 0 fully saturated rings. The molecule has 2 heterocycles. The van der Waals surface area contributed by atoms with E-state index in [1.54, 1.807) is 53.4 Å². The molecule has 0 aliphatic heterocycles. The molecule has 0 saturated carbocycles. The Kier molecular flexibility index (Phi) is 6.62. The molecule has 1 amide bonds. The number of nitrogens with one attached hydrogen (secondary N) is 2. The van der Waals surface area contributed by atoms with Crippen LogP contribution in [0.4, 0.5) is 16.0 Å². The molecule has 0 aliphatic rings. The first-order valence-corrected chi connectivity index (χ1v) is 10.4. The molecule has 0 bridgehead atoms. The Bertz CT molecular complexity index is 1280. The lowest BCUT2D eigenvalue weighted by Gasteiger charge is -2.16. The molecule has 33 heavy (non-hydrogen) atoms. The van der Waals surface area contributed by atoms with E-state index < -0.39 is 11.9 Å². The first-order chi connectivity index (χ1) is 15.9. The van der Waals surface area contributed by atoms with Crippen molar-refractivity contribution in [3.8, 4) is 5.82 Å². The number of aliphatic hydroxyl groups excluding tert-OH is 1. The predicted molar refractivity (Wildman–Crippen MR) is 122 cm³/mol. The molecule has 2 aromatic carbocycles. The van der Waals surface area contributed by atoms with E-state index in [1.165, 1.54) is 18.5 Å². The van der Waals surface area contributed by atoms with Crippen molar-refractivity contribution in [2.24, 2.45) is 0 Å². The van der Waals surface area contributed by atoms with Gasteiger partial charge >= 0.3 is 0 Å². The molecule has 4 rings (SSSR count). The van der Waals surface area contributed by atoms with Crippen molar-refractivity contribution in [3.05, 3.63) is 94.9 Å². The van der Waals surface area contributed by atoms with Gasteiger partial charge in [0.25, 0.3) is 5.91 Å². The van der Waals surface area contributed by atoms with E-state index >= 15 is 0 Å². The summed E-state index contributed by atoms with van der Waals surface area (Å²) in [5.74, 6) is 0.0381. The molecule has 0 spiro atoms. The van der Waals surface area contributed by atoms with Crippen LogP contribution in [0, 0.1) is 12.7 Å². The van der Waals surface area contributed by atoms with Crippen LogP contribution in [0.5, 0.6) is 0 Å². The Labute approximate surface area is 194 Å². The molecule has 168 valence electrons. The fraction of sp³-hybridized carbons (Fsp3) is 0.130. The van der Waals surface area contributed by atoms with Gasteiger partial charge in [0, 0.05) is 28.7 Å². The van der Waals surface area contributed by atoms with Crippen LogP contribution in [0.25, 0.3) is 5.82 Å². The van der Waals surface area contributed by atoms with Crippen molar-refractivity contribution in [1.82, 2.24) is 24.8 Å². The number of carbonyl (C=O) groups is 1. The Morgan fingerprint density at radius 1 is 1.21 bits per heavy atom. The number of benzene rings is 2. The second-order valence-corrected chi connectivity index (χ2v) is 7.70. The van der Waals surface area contributed by atoms with Crippen LogP contribution in [0.3, 0.4) is 0 Å². The minimum absolute atomic E-state index is 0.154. The lowest BCUT2D eigenvalue weighted by Crippen LogP contribution is -2.31.